The smallest absolute Gasteiger partial charge is 0.381 e. The fourth-order valence-corrected chi connectivity index (χ4v) is 5.68. The van der Waals surface area contributed by atoms with Crippen LogP contribution in [0.25, 0.3) is 0 Å². The van der Waals surface area contributed by atoms with Gasteiger partial charge in [-0.25, -0.2) is 0 Å². The van der Waals surface area contributed by atoms with Gasteiger partial charge in [-0.3, -0.25) is 4.79 Å². The summed E-state index contributed by atoms with van der Waals surface area (Å²) >= 11 is -0.144. The van der Waals surface area contributed by atoms with E-state index in [0.29, 0.717) is 25.4 Å². The number of halogens is 6. The van der Waals surface area contributed by atoms with Crippen molar-refractivity contribution in [3.8, 4) is 0 Å². The van der Waals surface area contributed by atoms with Crippen LogP contribution in [0.1, 0.15) is 44.1 Å². The minimum atomic E-state index is -4.34. The zero-order chi connectivity index (χ0) is 27.3. The van der Waals surface area contributed by atoms with Crippen LogP contribution < -0.4 is 10.2 Å². The highest BCUT2D eigenvalue weighted by Crippen LogP contribution is 2.37. The lowest BCUT2D eigenvalue weighted by atomic mass is 9.91. The fourth-order valence-electron chi connectivity index (χ4n) is 5.14. The number of rotatable bonds is 7. The van der Waals surface area contributed by atoms with E-state index in [1.165, 1.54) is 24.3 Å². The normalized spacial score (nSPS) is 19.5. The SMILES string of the molecule is O=C(CCC1CCN(c2ccc(C(F)(F)F)cc2)CC1)N1CCCC(Nc2ccc(SC(F)(F)F)cc2)C1. The first kappa shape index (κ1) is 28.4. The molecule has 0 aliphatic carbocycles. The molecule has 1 atom stereocenters. The molecule has 2 fully saturated rings. The molecular weight excluding hydrogens is 528 g/mol. The van der Waals surface area contributed by atoms with Crippen LogP contribution in [-0.2, 0) is 11.0 Å². The number of thioether (sulfide) groups is 1. The van der Waals surface area contributed by atoms with Gasteiger partial charge in [0.2, 0.25) is 5.91 Å². The molecule has 38 heavy (non-hydrogen) atoms. The van der Waals surface area contributed by atoms with Crippen LogP contribution in [0.4, 0.5) is 37.7 Å². The number of carbonyl (C=O) groups is 1. The van der Waals surface area contributed by atoms with E-state index in [2.05, 4.69) is 10.2 Å². The van der Waals surface area contributed by atoms with Crippen molar-refractivity contribution in [3.63, 3.8) is 0 Å². The van der Waals surface area contributed by atoms with Crippen molar-refractivity contribution in [1.29, 1.82) is 0 Å². The number of hydrogen-bond donors (Lipinski definition) is 1. The van der Waals surface area contributed by atoms with Gasteiger partial charge in [-0.15, -0.1) is 0 Å². The van der Waals surface area contributed by atoms with Gasteiger partial charge in [-0.1, -0.05) is 0 Å². The van der Waals surface area contributed by atoms with E-state index in [-0.39, 0.29) is 28.6 Å². The first-order valence-electron chi connectivity index (χ1n) is 12.8. The van der Waals surface area contributed by atoms with Gasteiger partial charge >= 0.3 is 11.7 Å². The maximum Gasteiger partial charge on any atom is 0.446 e. The van der Waals surface area contributed by atoms with Gasteiger partial charge in [0.05, 0.1) is 5.56 Å². The van der Waals surface area contributed by atoms with Gasteiger partial charge in [-0.2, -0.15) is 26.3 Å². The van der Waals surface area contributed by atoms with Gasteiger partial charge in [0.1, 0.15) is 0 Å². The number of anilines is 2. The predicted octanol–water partition coefficient (Wildman–Crippen LogP) is 7.42. The van der Waals surface area contributed by atoms with Crippen LogP contribution in [0.2, 0.25) is 0 Å². The summed E-state index contributed by atoms with van der Waals surface area (Å²) in [5, 5.41) is 3.34. The molecule has 208 valence electrons. The number of hydrogen-bond acceptors (Lipinski definition) is 4. The number of alkyl halides is 6. The van der Waals surface area contributed by atoms with Crippen LogP contribution in [0, 0.1) is 5.92 Å². The third-order valence-corrected chi connectivity index (χ3v) is 7.91. The highest BCUT2D eigenvalue weighted by Gasteiger charge is 2.31. The first-order chi connectivity index (χ1) is 18.0. The lowest BCUT2D eigenvalue weighted by molar-refractivity contribution is -0.137. The van der Waals surface area contributed by atoms with Crippen molar-refractivity contribution in [2.75, 3.05) is 36.4 Å². The van der Waals surface area contributed by atoms with E-state index in [1.807, 2.05) is 4.90 Å². The average Bonchev–Trinajstić information content (AvgIpc) is 2.88. The molecule has 1 N–H and O–H groups in total. The maximum absolute atomic E-state index is 12.9. The molecular formula is C27H31F6N3OS. The van der Waals surface area contributed by atoms with Gasteiger partial charge in [-0.05, 0) is 98.3 Å². The summed E-state index contributed by atoms with van der Waals surface area (Å²) in [6.45, 7) is 2.76. The second-order valence-electron chi connectivity index (χ2n) is 9.91. The van der Waals surface area contributed by atoms with Crippen molar-refractivity contribution >= 4 is 29.0 Å². The number of nitrogens with zero attached hydrogens (tertiary/aromatic N) is 2. The molecule has 11 heteroatoms. The monoisotopic (exact) mass is 559 g/mol. The molecule has 0 radical (unpaired) electrons. The van der Waals surface area contributed by atoms with Gasteiger partial charge in [0, 0.05) is 54.9 Å². The Morgan fingerprint density at radius 2 is 1.55 bits per heavy atom. The van der Waals surface area contributed by atoms with E-state index in [9.17, 15) is 31.1 Å². The van der Waals surface area contributed by atoms with E-state index in [0.717, 1.165) is 68.7 Å². The van der Waals surface area contributed by atoms with Crippen molar-refractivity contribution in [2.45, 2.75) is 61.1 Å². The number of amides is 1. The minimum absolute atomic E-state index is 0.0424. The van der Waals surface area contributed by atoms with Gasteiger partial charge in [0.25, 0.3) is 0 Å². The van der Waals surface area contributed by atoms with Crippen LogP contribution in [0.5, 0.6) is 0 Å². The molecule has 2 aromatic rings. The Morgan fingerprint density at radius 3 is 2.16 bits per heavy atom. The number of likely N-dealkylation sites (tertiary alicyclic amines) is 1. The molecule has 4 nitrogen and oxygen atoms in total. The summed E-state index contributed by atoms with van der Waals surface area (Å²) in [5.41, 5.74) is -3.45. The molecule has 1 amide bonds. The number of carbonyl (C=O) groups excluding carboxylic acids is 1. The van der Waals surface area contributed by atoms with E-state index in [1.54, 1.807) is 12.1 Å². The Bertz CT molecular complexity index is 1050. The third kappa shape index (κ3) is 8.22. The summed E-state index contributed by atoms with van der Waals surface area (Å²) in [5.74, 6) is 0.509. The molecule has 0 aromatic heterocycles. The largest absolute Gasteiger partial charge is 0.446 e. The van der Waals surface area contributed by atoms with Gasteiger partial charge in [0.15, 0.2) is 0 Å². The Hall–Kier alpha value is -2.56. The second-order valence-corrected chi connectivity index (χ2v) is 11.0. The Kier molecular flexibility index (Phi) is 9.05. The zero-order valence-corrected chi connectivity index (χ0v) is 21.6. The van der Waals surface area contributed by atoms with Crippen molar-refractivity contribution < 1.29 is 31.1 Å². The maximum atomic E-state index is 12.9. The lowest BCUT2D eigenvalue weighted by Crippen LogP contribution is -2.45. The molecule has 0 saturated carbocycles. The molecule has 4 rings (SSSR count). The van der Waals surface area contributed by atoms with Gasteiger partial charge < -0.3 is 15.1 Å². The molecule has 1 unspecified atom stereocenters. The zero-order valence-electron chi connectivity index (χ0n) is 20.8. The predicted molar refractivity (Wildman–Crippen MR) is 137 cm³/mol. The molecule has 2 aromatic carbocycles. The Labute approximate surface area is 222 Å². The first-order valence-corrected chi connectivity index (χ1v) is 13.6. The molecule has 2 aliphatic rings. The standard InChI is InChI=1S/C27H31F6N3OS/c28-26(29,30)20-4-8-23(9-5-20)35-16-13-19(14-17-35)3-12-25(37)36-15-1-2-22(18-36)34-21-6-10-24(11-7-21)38-27(31,32)33/h4-11,19,22,34H,1-3,12-18H2. The van der Waals surface area contributed by atoms with Crippen LogP contribution in [0.3, 0.4) is 0 Å². The summed E-state index contributed by atoms with van der Waals surface area (Å²) in [4.78, 5) is 17.0. The molecule has 2 heterocycles. The number of piperidine rings is 2. The second kappa shape index (κ2) is 12.1. The topological polar surface area (TPSA) is 35.6 Å². The molecule has 2 saturated heterocycles. The summed E-state index contributed by atoms with van der Waals surface area (Å²) < 4.78 is 76.0. The molecule has 2 aliphatic heterocycles. The van der Waals surface area contributed by atoms with E-state index in [4.69, 9.17) is 0 Å². The van der Waals surface area contributed by atoms with E-state index >= 15 is 0 Å². The third-order valence-electron chi connectivity index (χ3n) is 7.17. The van der Waals surface area contributed by atoms with Crippen molar-refractivity contribution in [2.24, 2.45) is 5.92 Å². The number of benzene rings is 2. The fraction of sp³-hybridized carbons (Fsp3) is 0.519. The van der Waals surface area contributed by atoms with Crippen LogP contribution in [-0.4, -0.2) is 48.5 Å². The summed E-state index contributed by atoms with van der Waals surface area (Å²) in [7, 11) is 0. The Balaban J connectivity index is 1.19. The van der Waals surface area contributed by atoms with Crippen LogP contribution in [0.15, 0.2) is 53.4 Å². The minimum Gasteiger partial charge on any atom is -0.381 e. The average molecular weight is 560 g/mol. The highest BCUT2D eigenvalue weighted by atomic mass is 32.2. The highest BCUT2D eigenvalue weighted by molar-refractivity contribution is 8.00. The van der Waals surface area contributed by atoms with Crippen molar-refractivity contribution in [1.82, 2.24) is 4.90 Å². The quantitative estimate of drug-likeness (QED) is 0.283. The summed E-state index contributed by atoms with van der Waals surface area (Å²) in [6.07, 6.45) is 0.422. The lowest BCUT2D eigenvalue weighted by Gasteiger charge is -2.35. The molecule has 0 spiro atoms. The number of nitrogens with one attached hydrogen (secondary N) is 1. The molecule has 0 bridgehead atoms. The summed E-state index contributed by atoms with van der Waals surface area (Å²) in [6, 6.07) is 11.4. The Morgan fingerprint density at radius 1 is 0.895 bits per heavy atom. The van der Waals surface area contributed by atoms with E-state index < -0.39 is 17.2 Å². The van der Waals surface area contributed by atoms with Crippen LogP contribution >= 0.6 is 11.8 Å². The van der Waals surface area contributed by atoms with Crippen molar-refractivity contribution in [3.05, 3.63) is 54.1 Å².